The predicted octanol–water partition coefficient (Wildman–Crippen LogP) is 4.96. The minimum Gasteiger partial charge on any atom is -0.464 e. The second kappa shape index (κ2) is 8.15. The average molecular weight is 378 g/mol. The third kappa shape index (κ3) is 4.09. The number of benzene rings is 1. The van der Waals surface area contributed by atoms with Gasteiger partial charge in [-0.15, -0.1) is 0 Å². The molecule has 1 saturated carbocycles. The summed E-state index contributed by atoms with van der Waals surface area (Å²) in [5.41, 5.74) is 3.31. The van der Waals surface area contributed by atoms with Crippen LogP contribution >= 0.6 is 0 Å². The van der Waals surface area contributed by atoms with E-state index in [-0.39, 0.29) is 18.1 Å². The summed E-state index contributed by atoms with van der Waals surface area (Å²) in [7, 11) is 0. The topological polar surface area (TPSA) is 64.4 Å². The van der Waals surface area contributed by atoms with E-state index in [1.54, 1.807) is 12.5 Å². The molecule has 1 aliphatic carbocycles. The molecule has 1 fully saturated rings. The van der Waals surface area contributed by atoms with Gasteiger partial charge in [-0.2, -0.15) is 0 Å². The Kier molecular flexibility index (Phi) is 5.44. The molecule has 0 unspecified atom stereocenters. The molecule has 28 heavy (non-hydrogen) atoms. The first-order valence-corrected chi connectivity index (χ1v) is 9.99. The molecule has 3 aromatic rings. The van der Waals surface area contributed by atoms with Crippen molar-refractivity contribution in [1.29, 1.82) is 0 Å². The van der Waals surface area contributed by atoms with Crippen molar-refractivity contribution in [2.75, 3.05) is 0 Å². The molecule has 1 aliphatic rings. The third-order valence-corrected chi connectivity index (χ3v) is 5.27. The highest BCUT2D eigenvalue weighted by molar-refractivity contribution is 5.96. The highest BCUT2D eigenvalue weighted by atomic mass is 16.5. The maximum Gasteiger partial charge on any atom is 0.251 e. The van der Waals surface area contributed by atoms with E-state index in [1.165, 1.54) is 0 Å². The number of aromatic nitrogens is 1. The number of carbonyl (C=O) groups excluding carboxylic acids is 1. The summed E-state index contributed by atoms with van der Waals surface area (Å²) in [5.74, 6) is -0.0192. The van der Waals surface area contributed by atoms with Crippen molar-refractivity contribution in [2.24, 2.45) is 0 Å². The fourth-order valence-corrected chi connectivity index (χ4v) is 3.90. The molecular weight excluding hydrogens is 352 g/mol. The number of rotatable bonds is 5. The number of nitrogens with zero attached hydrogens (tertiary/aromatic N) is 1. The van der Waals surface area contributed by atoms with Gasteiger partial charge in [0.25, 0.3) is 5.91 Å². The summed E-state index contributed by atoms with van der Waals surface area (Å²) in [6.07, 6.45) is 7.92. The molecule has 4 rings (SSSR count). The summed E-state index contributed by atoms with van der Waals surface area (Å²) in [5, 5.41) is 4.14. The number of amides is 1. The molecule has 1 aromatic carbocycles. The summed E-state index contributed by atoms with van der Waals surface area (Å²) >= 11 is 0. The lowest BCUT2D eigenvalue weighted by Crippen LogP contribution is -2.39. The summed E-state index contributed by atoms with van der Waals surface area (Å²) in [6, 6.07) is 11.6. The fraction of sp³-hybridized carbons (Fsp3) is 0.391. The molecule has 5 nitrogen and oxygen atoms in total. The number of hydrogen-bond acceptors (Lipinski definition) is 4. The summed E-state index contributed by atoms with van der Waals surface area (Å²) < 4.78 is 11.3. The maximum absolute atomic E-state index is 12.6. The Bertz CT molecular complexity index is 938. The number of carbonyl (C=O) groups is 1. The standard InChI is InChI=1S/C23H26N2O3/c1-15(2)28-19-9-7-18(8-10-19)25-23(26)17-5-3-16(4-6-17)22-20-12-14-27-21(20)11-13-24-22/h3-6,11-15,18-19H,7-10H2,1-2H3,(H,25,26). The van der Waals surface area contributed by atoms with Crippen LogP contribution in [0.25, 0.3) is 22.2 Å². The lowest BCUT2D eigenvalue weighted by molar-refractivity contribution is -0.0159. The van der Waals surface area contributed by atoms with Crippen molar-refractivity contribution in [3.8, 4) is 11.3 Å². The van der Waals surface area contributed by atoms with Gasteiger partial charge in [0.05, 0.1) is 24.2 Å². The van der Waals surface area contributed by atoms with Crippen molar-refractivity contribution < 1.29 is 13.9 Å². The van der Waals surface area contributed by atoms with Gasteiger partial charge in [-0.1, -0.05) is 12.1 Å². The first-order chi connectivity index (χ1) is 13.6. The number of fused-ring (bicyclic) bond motifs is 1. The zero-order valence-electron chi connectivity index (χ0n) is 16.4. The Balaban J connectivity index is 1.39. The number of hydrogen-bond donors (Lipinski definition) is 1. The Morgan fingerprint density at radius 2 is 1.86 bits per heavy atom. The second-order valence-corrected chi connectivity index (χ2v) is 7.70. The molecular formula is C23H26N2O3. The van der Waals surface area contributed by atoms with Gasteiger partial charge in [0, 0.05) is 28.8 Å². The lowest BCUT2D eigenvalue weighted by atomic mass is 9.92. The van der Waals surface area contributed by atoms with Gasteiger partial charge in [-0.05, 0) is 63.8 Å². The normalized spacial score (nSPS) is 19.8. The molecule has 0 aliphatic heterocycles. The molecule has 0 bridgehead atoms. The van der Waals surface area contributed by atoms with Crippen LogP contribution in [0.2, 0.25) is 0 Å². The highest BCUT2D eigenvalue weighted by Gasteiger charge is 2.23. The first kappa shape index (κ1) is 18.7. The van der Waals surface area contributed by atoms with Crippen LogP contribution < -0.4 is 5.32 Å². The Hall–Kier alpha value is -2.66. The largest absolute Gasteiger partial charge is 0.464 e. The number of ether oxygens (including phenoxy) is 1. The zero-order valence-corrected chi connectivity index (χ0v) is 16.4. The molecule has 2 heterocycles. The number of furan rings is 1. The van der Waals surface area contributed by atoms with Gasteiger partial charge in [0.1, 0.15) is 5.58 Å². The van der Waals surface area contributed by atoms with Gasteiger partial charge < -0.3 is 14.5 Å². The monoisotopic (exact) mass is 378 g/mol. The van der Waals surface area contributed by atoms with Gasteiger partial charge in [0.15, 0.2) is 0 Å². The van der Waals surface area contributed by atoms with Gasteiger partial charge in [-0.25, -0.2) is 0 Å². The zero-order chi connectivity index (χ0) is 19.5. The van der Waals surface area contributed by atoms with E-state index in [4.69, 9.17) is 9.15 Å². The van der Waals surface area contributed by atoms with Gasteiger partial charge in [-0.3, -0.25) is 9.78 Å². The van der Waals surface area contributed by atoms with Crippen LogP contribution in [0.15, 0.2) is 53.3 Å². The van der Waals surface area contributed by atoms with Gasteiger partial charge in [0.2, 0.25) is 0 Å². The van der Waals surface area contributed by atoms with E-state index in [2.05, 4.69) is 24.1 Å². The van der Waals surface area contributed by atoms with Crippen molar-refractivity contribution in [3.63, 3.8) is 0 Å². The molecule has 0 radical (unpaired) electrons. The van der Waals surface area contributed by atoms with E-state index in [0.29, 0.717) is 11.7 Å². The van der Waals surface area contributed by atoms with Crippen molar-refractivity contribution in [3.05, 3.63) is 54.4 Å². The van der Waals surface area contributed by atoms with Crippen LogP contribution in [-0.4, -0.2) is 29.1 Å². The number of pyridine rings is 1. The molecule has 1 amide bonds. The van der Waals surface area contributed by atoms with Crippen LogP contribution in [0.3, 0.4) is 0 Å². The Labute approximate surface area is 165 Å². The molecule has 0 atom stereocenters. The Morgan fingerprint density at radius 3 is 2.57 bits per heavy atom. The molecule has 2 aromatic heterocycles. The van der Waals surface area contributed by atoms with E-state index < -0.39 is 0 Å². The van der Waals surface area contributed by atoms with Crippen LogP contribution in [-0.2, 0) is 4.74 Å². The lowest BCUT2D eigenvalue weighted by Gasteiger charge is -2.30. The Morgan fingerprint density at radius 1 is 1.11 bits per heavy atom. The van der Waals surface area contributed by atoms with Gasteiger partial charge >= 0.3 is 0 Å². The molecule has 0 spiro atoms. The predicted molar refractivity (Wildman–Crippen MR) is 109 cm³/mol. The van der Waals surface area contributed by atoms with Crippen LogP contribution in [0.4, 0.5) is 0 Å². The van der Waals surface area contributed by atoms with Crippen molar-refractivity contribution in [1.82, 2.24) is 10.3 Å². The highest BCUT2D eigenvalue weighted by Crippen LogP contribution is 2.27. The summed E-state index contributed by atoms with van der Waals surface area (Å²) in [4.78, 5) is 17.1. The smallest absolute Gasteiger partial charge is 0.251 e. The number of nitrogens with one attached hydrogen (secondary N) is 1. The molecule has 5 heteroatoms. The minimum atomic E-state index is -0.0192. The van der Waals surface area contributed by atoms with E-state index >= 15 is 0 Å². The SMILES string of the molecule is CC(C)OC1CCC(NC(=O)c2ccc(-c3nccc4occc34)cc2)CC1. The summed E-state index contributed by atoms with van der Waals surface area (Å²) in [6.45, 7) is 4.14. The average Bonchev–Trinajstić information content (AvgIpc) is 3.18. The maximum atomic E-state index is 12.6. The van der Waals surface area contributed by atoms with Crippen molar-refractivity contribution in [2.45, 2.75) is 57.8 Å². The van der Waals surface area contributed by atoms with E-state index in [1.807, 2.05) is 36.4 Å². The van der Waals surface area contributed by atoms with E-state index in [0.717, 1.165) is 47.9 Å². The minimum absolute atomic E-state index is 0.0192. The van der Waals surface area contributed by atoms with Crippen molar-refractivity contribution >= 4 is 16.9 Å². The van der Waals surface area contributed by atoms with Crippen LogP contribution in [0.5, 0.6) is 0 Å². The fourth-order valence-electron chi connectivity index (χ4n) is 3.90. The molecule has 0 saturated heterocycles. The molecule has 146 valence electrons. The first-order valence-electron chi connectivity index (χ1n) is 9.99. The van der Waals surface area contributed by atoms with Crippen LogP contribution in [0, 0.1) is 0 Å². The van der Waals surface area contributed by atoms with E-state index in [9.17, 15) is 4.79 Å². The second-order valence-electron chi connectivity index (χ2n) is 7.70. The quantitative estimate of drug-likeness (QED) is 0.681. The molecule has 1 N–H and O–H groups in total. The third-order valence-electron chi connectivity index (χ3n) is 5.27. The van der Waals surface area contributed by atoms with Crippen LogP contribution in [0.1, 0.15) is 49.9 Å².